The second-order valence-corrected chi connectivity index (χ2v) is 13.0. The van der Waals surface area contributed by atoms with E-state index < -0.39 is 18.1 Å². The summed E-state index contributed by atoms with van der Waals surface area (Å²) < 4.78 is 16.5. The number of benzene rings is 1. The van der Waals surface area contributed by atoms with E-state index in [0.717, 1.165) is 46.5 Å². The van der Waals surface area contributed by atoms with Crippen molar-refractivity contribution in [2.24, 2.45) is 11.8 Å². The number of nitrogens with zero attached hydrogens (tertiary/aromatic N) is 7. The number of nitrogens with one attached hydrogen (secondary N) is 1. The maximum Gasteiger partial charge on any atom is 0.247 e. The summed E-state index contributed by atoms with van der Waals surface area (Å²) in [6.07, 6.45) is 5.99. The Balaban J connectivity index is 1.12. The number of fused-ring (bicyclic) bond motifs is 1. The van der Waals surface area contributed by atoms with Crippen LogP contribution in [0.4, 0.5) is 15.9 Å². The van der Waals surface area contributed by atoms with Gasteiger partial charge in [-0.1, -0.05) is 25.5 Å². The molecule has 1 N–H and O–H groups in total. The number of aromatic nitrogens is 5. The van der Waals surface area contributed by atoms with E-state index in [-0.39, 0.29) is 25.4 Å². The third-order valence-corrected chi connectivity index (χ3v) is 10.2. The number of hydrogen-bond donors (Lipinski definition) is 1. The Morgan fingerprint density at radius 3 is 2.63 bits per heavy atom. The third kappa shape index (κ3) is 5.52. The van der Waals surface area contributed by atoms with Gasteiger partial charge in [-0.05, 0) is 68.0 Å². The number of piperidine rings is 1. The van der Waals surface area contributed by atoms with Crippen molar-refractivity contribution in [2.75, 3.05) is 23.3 Å². The smallest absolute Gasteiger partial charge is 0.247 e. The molecular formula is C35H39FN8O2. The molecule has 2 saturated heterocycles. The summed E-state index contributed by atoms with van der Waals surface area (Å²) in [5.74, 6) is 0.924. The number of halogens is 1. The number of pyridine rings is 1. The highest BCUT2D eigenvalue weighted by Gasteiger charge is 2.40. The summed E-state index contributed by atoms with van der Waals surface area (Å²) in [6.45, 7) is 9.37. The van der Waals surface area contributed by atoms with Crippen LogP contribution in [0.3, 0.4) is 0 Å². The van der Waals surface area contributed by atoms with Crippen LogP contribution in [0.15, 0.2) is 60.6 Å². The quantitative estimate of drug-likeness (QED) is 0.289. The number of alkyl halides is 1. The fourth-order valence-electron chi connectivity index (χ4n) is 7.08. The van der Waals surface area contributed by atoms with Gasteiger partial charge >= 0.3 is 0 Å². The van der Waals surface area contributed by atoms with Gasteiger partial charge in [0.15, 0.2) is 0 Å². The van der Waals surface area contributed by atoms with Crippen LogP contribution >= 0.6 is 0 Å². The molecule has 2 aliphatic heterocycles. The molecule has 0 radical (unpaired) electrons. The van der Waals surface area contributed by atoms with Gasteiger partial charge in [0.2, 0.25) is 11.8 Å². The zero-order valence-electron chi connectivity index (χ0n) is 26.7. The molecule has 0 bridgehead atoms. The van der Waals surface area contributed by atoms with Gasteiger partial charge in [0.25, 0.3) is 0 Å². The first-order valence-electron chi connectivity index (χ1n) is 16.2. The highest BCUT2D eigenvalue weighted by atomic mass is 19.1. The zero-order chi connectivity index (χ0) is 32.1. The van der Waals surface area contributed by atoms with Crippen molar-refractivity contribution >= 4 is 39.8 Å². The van der Waals surface area contributed by atoms with Gasteiger partial charge in [-0.2, -0.15) is 15.3 Å². The van der Waals surface area contributed by atoms with Crippen LogP contribution in [-0.2, 0) is 16.1 Å². The SMILES string of the molecule is CC1=C(c2nn(CC(=O)N3CC(F)CC3C(=O)Nc3ccnc(N4CCCC(C)C4C)c3)c3ccc(-c4ccnnc4)cc23)C1C. The minimum atomic E-state index is -1.29. The number of allylic oxidation sites excluding steroid dienone is 2. The first-order valence-corrected chi connectivity index (χ1v) is 16.2. The molecule has 0 saturated carbocycles. The van der Waals surface area contributed by atoms with E-state index in [1.165, 1.54) is 22.5 Å². The number of hydrogen-bond acceptors (Lipinski definition) is 7. The van der Waals surface area contributed by atoms with Gasteiger partial charge in [0.1, 0.15) is 24.6 Å². The van der Waals surface area contributed by atoms with E-state index in [1.54, 1.807) is 29.3 Å². The summed E-state index contributed by atoms with van der Waals surface area (Å²) in [6, 6.07) is 10.9. The average Bonchev–Trinajstić information content (AvgIpc) is 3.34. The molecule has 10 nitrogen and oxygen atoms in total. The Morgan fingerprint density at radius 2 is 1.87 bits per heavy atom. The molecule has 2 fully saturated rings. The van der Waals surface area contributed by atoms with Crippen LogP contribution in [0.2, 0.25) is 0 Å². The minimum Gasteiger partial charge on any atom is -0.354 e. The number of rotatable bonds is 7. The number of likely N-dealkylation sites (tertiary alicyclic amines) is 1. The Hall–Kier alpha value is -4.67. The molecule has 11 heteroatoms. The lowest BCUT2D eigenvalue weighted by Crippen LogP contribution is -2.44. The van der Waals surface area contributed by atoms with Crippen molar-refractivity contribution in [1.82, 2.24) is 29.9 Å². The van der Waals surface area contributed by atoms with Gasteiger partial charge in [0, 0.05) is 53.8 Å². The van der Waals surface area contributed by atoms with E-state index in [2.05, 4.69) is 59.2 Å². The molecule has 5 unspecified atom stereocenters. The third-order valence-electron chi connectivity index (χ3n) is 10.2. The monoisotopic (exact) mass is 622 g/mol. The van der Waals surface area contributed by atoms with Crippen molar-refractivity contribution in [3.8, 4) is 11.1 Å². The van der Waals surface area contributed by atoms with E-state index in [1.807, 2.05) is 24.3 Å². The topological polar surface area (TPSA) is 109 Å². The predicted molar refractivity (Wildman–Crippen MR) is 176 cm³/mol. The van der Waals surface area contributed by atoms with Crippen LogP contribution in [-0.4, -0.2) is 73.0 Å². The first-order chi connectivity index (χ1) is 22.2. The largest absolute Gasteiger partial charge is 0.354 e. The normalized spacial score (nSPS) is 24.5. The number of carbonyl (C=O) groups is 2. The Bertz CT molecular complexity index is 1840. The maximum atomic E-state index is 14.8. The molecule has 2 amide bonds. The van der Waals surface area contributed by atoms with Crippen LogP contribution in [0.5, 0.6) is 0 Å². The van der Waals surface area contributed by atoms with Gasteiger partial charge in [-0.25, -0.2) is 9.37 Å². The first kappa shape index (κ1) is 30.0. The molecule has 4 aromatic rings. The van der Waals surface area contributed by atoms with Gasteiger partial charge in [0.05, 0.1) is 30.1 Å². The van der Waals surface area contributed by atoms with E-state index in [0.29, 0.717) is 23.6 Å². The van der Waals surface area contributed by atoms with Crippen LogP contribution < -0.4 is 10.2 Å². The highest BCUT2D eigenvalue weighted by molar-refractivity contribution is 6.00. The Morgan fingerprint density at radius 1 is 1.04 bits per heavy atom. The standard InChI is InChI=1S/C35H39FN8O2/c1-20-6-5-13-42(23(20)4)31-16-27(10-11-37-31)40-35(46)30-15-26(36)18-43(30)32(45)19-44-29-8-7-24(25-9-12-38-39-17-25)14-28(29)34(41-44)33-21(2)22(33)3/h7-12,14,16-17,20-21,23,26,30H,5-6,13,15,18-19H2,1-4H3,(H,37,40,46). The van der Waals surface area contributed by atoms with Crippen molar-refractivity contribution in [2.45, 2.75) is 71.8 Å². The molecule has 3 aliphatic rings. The molecule has 3 aromatic heterocycles. The number of carbonyl (C=O) groups excluding carboxylic acids is 2. The molecule has 5 heterocycles. The summed E-state index contributed by atoms with van der Waals surface area (Å²) in [4.78, 5) is 35.5. The van der Waals surface area contributed by atoms with Crippen LogP contribution in [0, 0.1) is 11.8 Å². The lowest BCUT2D eigenvalue weighted by Gasteiger charge is -2.38. The van der Waals surface area contributed by atoms with E-state index >= 15 is 0 Å². The van der Waals surface area contributed by atoms with Crippen molar-refractivity contribution in [1.29, 1.82) is 0 Å². The number of anilines is 2. The molecule has 238 valence electrons. The van der Waals surface area contributed by atoms with Gasteiger partial charge in [-0.15, -0.1) is 0 Å². The Labute approximate surface area is 267 Å². The molecule has 0 spiro atoms. The lowest BCUT2D eigenvalue weighted by molar-refractivity contribution is -0.137. The van der Waals surface area contributed by atoms with Crippen molar-refractivity contribution in [3.63, 3.8) is 0 Å². The average molecular weight is 623 g/mol. The number of amides is 2. The van der Waals surface area contributed by atoms with Crippen LogP contribution in [0.25, 0.3) is 27.6 Å². The molecule has 1 aliphatic carbocycles. The van der Waals surface area contributed by atoms with Crippen molar-refractivity contribution < 1.29 is 14.0 Å². The highest BCUT2D eigenvalue weighted by Crippen LogP contribution is 2.48. The molecule has 7 rings (SSSR count). The van der Waals surface area contributed by atoms with Gasteiger partial charge < -0.3 is 15.1 Å². The molecule has 5 atom stereocenters. The fourth-order valence-corrected chi connectivity index (χ4v) is 7.08. The summed E-state index contributed by atoms with van der Waals surface area (Å²) >= 11 is 0. The van der Waals surface area contributed by atoms with Crippen LogP contribution in [0.1, 0.15) is 52.7 Å². The summed E-state index contributed by atoms with van der Waals surface area (Å²) in [5, 5.41) is 16.7. The zero-order valence-corrected chi connectivity index (χ0v) is 26.7. The second kappa shape index (κ2) is 11.9. The lowest BCUT2D eigenvalue weighted by atomic mass is 9.92. The molecule has 1 aromatic carbocycles. The molecule has 46 heavy (non-hydrogen) atoms. The Kier molecular flexibility index (Phi) is 7.78. The van der Waals surface area contributed by atoms with E-state index in [4.69, 9.17) is 5.10 Å². The minimum absolute atomic E-state index is 0.0474. The van der Waals surface area contributed by atoms with E-state index in [9.17, 15) is 14.0 Å². The maximum absolute atomic E-state index is 14.8. The predicted octanol–water partition coefficient (Wildman–Crippen LogP) is 5.51. The second-order valence-electron chi connectivity index (χ2n) is 13.0. The summed E-state index contributed by atoms with van der Waals surface area (Å²) in [5.41, 5.74) is 6.59. The molecular weight excluding hydrogens is 583 g/mol. The fraction of sp³-hybridized carbons (Fsp3) is 0.429. The van der Waals surface area contributed by atoms with Crippen molar-refractivity contribution in [3.05, 3.63) is 66.3 Å². The summed E-state index contributed by atoms with van der Waals surface area (Å²) in [7, 11) is 0. The van der Waals surface area contributed by atoms with Gasteiger partial charge in [-0.3, -0.25) is 14.3 Å².